The van der Waals surface area contributed by atoms with Gasteiger partial charge in [-0.1, -0.05) is 24.3 Å². The summed E-state index contributed by atoms with van der Waals surface area (Å²) in [7, 11) is 1.82. The monoisotopic (exact) mass is 272 g/mol. The van der Waals surface area contributed by atoms with Crippen molar-refractivity contribution in [3.8, 4) is 0 Å². The highest BCUT2D eigenvalue weighted by Gasteiger charge is 2.15. The van der Waals surface area contributed by atoms with Gasteiger partial charge in [0.15, 0.2) is 0 Å². The van der Waals surface area contributed by atoms with E-state index in [2.05, 4.69) is 10.4 Å². The van der Waals surface area contributed by atoms with Crippen molar-refractivity contribution in [2.45, 2.75) is 26.4 Å². The molecule has 0 saturated heterocycles. The molecule has 5 heteroatoms. The number of nitrogens with two attached hydrogens (primary N) is 1. The summed E-state index contributed by atoms with van der Waals surface area (Å²) >= 11 is 0. The molecule has 1 atom stereocenters. The number of amides is 1. The van der Waals surface area contributed by atoms with Crippen LogP contribution in [0.25, 0.3) is 0 Å². The lowest BCUT2D eigenvalue weighted by Crippen LogP contribution is -2.27. The van der Waals surface area contributed by atoms with Crippen LogP contribution in [-0.4, -0.2) is 15.7 Å². The third kappa shape index (κ3) is 2.88. The maximum Gasteiger partial charge on any atom is 0.255 e. The highest BCUT2D eigenvalue weighted by atomic mass is 16.1. The topological polar surface area (TPSA) is 72.9 Å². The van der Waals surface area contributed by atoms with E-state index in [4.69, 9.17) is 5.73 Å². The van der Waals surface area contributed by atoms with Crippen molar-refractivity contribution in [1.82, 2.24) is 15.1 Å². The van der Waals surface area contributed by atoms with Crippen LogP contribution in [0.2, 0.25) is 0 Å². The lowest BCUT2D eigenvalue weighted by atomic mass is 10.1. The van der Waals surface area contributed by atoms with Gasteiger partial charge in [-0.25, -0.2) is 0 Å². The first kappa shape index (κ1) is 14.3. The molecule has 1 aromatic heterocycles. The van der Waals surface area contributed by atoms with Crippen LogP contribution in [0, 0.1) is 6.92 Å². The lowest BCUT2D eigenvalue weighted by Gasteiger charge is -2.14. The molecule has 2 aromatic rings. The first-order chi connectivity index (χ1) is 9.52. The van der Waals surface area contributed by atoms with Crippen LogP contribution in [-0.2, 0) is 13.6 Å². The predicted octanol–water partition coefficient (Wildman–Crippen LogP) is 1.68. The lowest BCUT2D eigenvalue weighted by molar-refractivity contribution is 0.0939. The summed E-state index contributed by atoms with van der Waals surface area (Å²) in [4.78, 5) is 12.2. The third-order valence-corrected chi connectivity index (χ3v) is 3.54. The first-order valence-electron chi connectivity index (χ1n) is 6.61. The molecule has 1 aromatic carbocycles. The Balaban J connectivity index is 2.08. The summed E-state index contributed by atoms with van der Waals surface area (Å²) in [5, 5.41) is 7.06. The molecule has 0 saturated carbocycles. The minimum Gasteiger partial charge on any atom is -0.345 e. The normalized spacial score (nSPS) is 12.2. The van der Waals surface area contributed by atoms with Gasteiger partial charge in [-0.3, -0.25) is 9.48 Å². The molecule has 106 valence electrons. The Hall–Kier alpha value is -2.14. The summed E-state index contributed by atoms with van der Waals surface area (Å²) in [6.45, 7) is 4.36. The van der Waals surface area contributed by atoms with Crippen LogP contribution >= 0.6 is 0 Å². The zero-order valence-corrected chi connectivity index (χ0v) is 12.1. The van der Waals surface area contributed by atoms with Gasteiger partial charge in [0.05, 0.1) is 17.8 Å². The molecule has 0 fully saturated rings. The first-order valence-corrected chi connectivity index (χ1v) is 6.61. The van der Waals surface area contributed by atoms with Crippen molar-refractivity contribution in [3.63, 3.8) is 0 Å². The van der Waals surface area contributed by atoms with Gasteiger partial charge in [-0.2, -0.15) is 5.10 Å². The van der Waals surface area contributed by atoms with E-state index >= 15 is 0 Å². The van der Waals surface area contributed by atoms with E-state index in [1.165, 1.54) is 0 Å². The van der Waals surface area contributed by atoms with E-state index in [-0.39, 0.29) is 11.9 Å². The third-order valence-electron chi connectivity index (χ3n) is 3.54. The largest absolute Gasteiger partial charge is 0.345 e. The molecule has 3 N–H and O–H groups in total. The second kappa shape index (κ2) is 5.88. The minimum absolute atomic E-state index is 0.0612. The molecule has 1 heterocycles. The number of hydrogen-bond acceptors (Lipinski definition) is 3. The van der Waals surface area contributed by atoms with Crippen molar-refractivity contribution in [2.75, 3.05) is 0 Å². The van der Waals surface area contributed by atoms with Crippen molar-refractivity contribution in [1.29, 1.82) is 0 Å². The van der Waals surface area contributed by atoms with Gasteiger partial charge in [-0.15, -0.1) is 0 Å². The van der Waals surface area contributed by atoms with E-state index < -0.39 is 0 Å². The maximum atomic E-state index is 12.2. The molecule has 0 aliphatic rings. The molecule has 0 spiro atoms. The summed E-state index contributed by atoms with van der Waals surface area (Å²) in [6, 6.07) is 7.88. The fourth-order valence-corrected chi connectivity index (χ4v) is 2.02. The van der Waals surface area contributed by atoms with Crippen LogP contribution in [0.3, 0.4) is 0 Å². The highest BCUT2D eigenvalue weighted by molar-refractivity contribution is 5.95. The van der Waals surface area contributed by atoms with E-state index in [1.54, 1.807) is 10.9 Å². The van der Waals surface area contributed by atoms with Gasteiger partial charge in [0.2, 0.25) is 0 Å². The number of nitrogens with one attached hydrogen (secondary N) is 1. The molecule has 0 aliphatic heterocycles. The molecule has 2 rings (SSSR count). The zero-order chi connectivity index (χ0) is 14.7. The molecule has 5 nitrogen and oxygen atoms in total. The Labute approximate surface area is 118 Å². The average molecular weight is 272 g/mol. The fourth-order valence-electron chi connectivity index (χ4n) is 2.02. The Morgan fingerprint density at radius 3 is 2.55 bits per heavy atom. The predicted molar refractivity (Wildman–Crippen MR) is 78.2 cm³/mol. The van der Waals surface area contributed by atoms with Gasteiger partial charge < -0.3 is 11.1 Å². The van der Waals surface area contributed by atoms with Crippen molar-refractivity contribution >= 4 is 5.91 Å². The quantitative estimate of drug-likeness (QED) is 0.889. The number of carbonyl (C=O) groups is 1. The molecule has 1 unspecified atom stereocenters. The van der Waals surface area contributed by atoms with Gasteiger partial charge in [0.25, 0.3) is 5.91 Å². The highest BCUT2D eigenvalue weighted by Crippen LogP contribution is 2.15. The molecule has 20 heavy (non-hydrogen) atoms. The van der Waals surface area contributed by atoms with E-state index in [0.29, 0.717) is 12.1 Å². The number of carbonyl (C=O) groups excluding carboxylic acids is 1. The Kier molecular flexibility index (Phi) is 4.20. The van der Waals surface area contributed by atoms with Crippen molar-refractivity contribution in [3.05, 3.63) is 52.8 Å². The van der Waals surface area contributed by atoms with Gasteiger partial charge >= 0.3 is 0 Å². The number of rotatable bonds is 4. The van der Waals surface area contributed by atoms with Crippen molar-refractivity contribution in [2.24, 2.45) is 12.8 Å². The zero-order valence-electron chi connectivity index (χ0n) is 12.1. The number of benzene rings is 1. The molecule has 0 bridgehead atoms. The van der Waals surface area contributed by atoms with E-state index in [1.807, 2.05) is 45.2 Å². The average Bonchev–Trinajstić information content (AvgIpc) is 2.79. The van der Waals surface area contributed by atoms with Crippen LogP contribution in [0.1, 0.15) is 40.1 Å². The number of hydrogen-bond donors (Lipinski definition) is 2. The summed E-state index contributed by atoms with van der Waals surface area (Å²) in [5.74, 6) is -0.106. The second-order valence-electron chi connectivity index (χ2n) is 4.91. The fraction of sp³-hybridized carbons (Fsp3) is 0.333. The van der Waals surface area contributed by atoms with E-state index in [9.17, 15) is 4.79 Å². The number of aryl methyl sites for hydroxylation is 1. The van der Waals surface area contributed by atoms with E-state index in [0.717, 1.165) is 16.8 Å². The summed E-state index contributed by atoms with van der Waals surface area (Å²) in [5.41, 5.74) is 9.17. The molecule has 0 radical (unpaired) electrons. The van der Waals surface area contributed by atoms with Crippen LogP contribution < -0.4 is 11.1 Å². The molecular weight excluding hydrogens is 252 g/mol. The minimum atomic E-state index is -0.106. The second-order valence-corrected chi connectivity index (χ2v) is 4.91. The van der Waals surface area contributed by atoms with Crippen LogP contribution in [0.4, 0.5) is 0 Å². The number of nitrogens with zero attached hydrogens (tertiary/aromatic N) is 2. The van der Waals surface area contributed by atoms with Crippen molar-refractivity contribution < 1.29 is 4.79 Å². The number of aromatic nitrogens is 2. The van der Waals surface area contributed by atoms with Crippen LogP contribution in [0.15, 0.2) is 30.5 Å². The standard InChI is InChI=1S/C15H20N4O/c1-10(13-6-4-12(8-16)5-7-13)18-15(20)14-9-17-19(3)11(14)2/h4-7,9-10H,8,16H2,1-3H3,(H,18,20). The Morgan fingerprint density at radius 1 is 1.40 bits per heavy atom. The molecular formula is C15H20N4O. The Morgan fingerprint density at radius 2 is 2.05 bits per heavy atom. The summed E-state index contributed by atoms with van der Waals surface area (Å²) in [6.07, 6.45) is 1.59. The molecule has 1 amide bonds. The summed E-state index contributed by atoms with van der Waals surface area (Å²) < 4.78 is 1.69. The Bertz CT molecular complexity index is 601. The smallest absolute Gasteiger partial charge is 0.255 e. The maximum absolute atomic E-state index is 12.2. The van der Waals surface area contributed by atoms with Gasteiger partial charge in [0, 0.05) is 19.3 Å². The molecule has 0 aliphatic carbocycles. The van der Waals surface area contributed by atoms with Gasteiger partial charge in [-0.05, 0) is 25.0 Å². The SMILES string of the molecule is Cc1c(C(=O)NC(C)c2ccc(CN)cc2)cnn1C. The van der Waals surface area contributed by atoms with Crippen LogP contribution in [0.5, 0.6) is 0 Å². The van der Waals surface area contributed by atoms with Gasteiger partial charge in [0.1, 0.15) is 0 Å².